The molecule has 0 aliphatic carbocycles. The van der Waals surface area contributed by atoms with Crippen LogP contribution in [0.1, 0.15) is 23.0 Å². The van der Waals surface area contributed by atoms with Crippen molar-refractivity contribution < 1.29 is 14.0 Å². The first-order chi connectivity index (χ1) is 15.1. The Morgan fingerprint density at radius 3 is 2.55 bits per heavy atom. The molecule has 2 heterocycles. The molecule has 31 heavy (non-hydrogen) atoms. The second-order valence-corrected chi connectivity index (χ2v) is 6.72. The maximum absolute atomic E-state index is 12.3. The highest BCUT2D eigenvalue weighted by Crippen LogP contribution is 2.25. The predicted molar refractivity (Wildman–Crippen MR) is 114 cm³/mol. The van der Waals surface area contributed by atoms with E-state index in [1.165, 1.54) is 16.6 Å². The average Bonchev–Trinajstić information content (AvgIpc) is 3.47. The second-order valence-electron chi connectivity index (χ2n) is 6.72. The second kappa shape index (κ2) is 9.04. The summed E-state index contributed by atoms with van der Waals surface area (Å²) in [5.74, 6) is -0.184. The molecule has 2 N–H and O–H groups in total. The van der Waals surface area contributed by atoms with Crippen LogP contribution >= 0.6 is 0 Å². The maximum Gasteiger partial charge on any atom is 0.291 e. The highest BCUT2D eigenvalue weighted by Gasteiger charge is 2.16. The quantitative estimate of drug-likeness (QED) is 0.477. The zero-order valence-electron chi connectivity index (χ0n) is 16.8. The van der Waals surface area contributed by atoms with Crippen molar-refractivity contribution in [2.24, 2.45) is 0 Å². The Balaban J connectivity index is 1.45. The standard InChI is InChI=1S/C22H20N6O3/c1-2-15-9-11-16(12-10-15)23-20(29)14-28-26-21(25-27-28)17-6-3-4-7-18(17)24-22(30)19-8-5-13-31-19/h3-13H,2,14H2,1H3,(H,23,29)(H,24,30). The Bertz CT molecular complexity index is 1180. The van der Waals surface area contributed by atoms with Crippen LogP contribution in [-0.2, 0) is 17.8 Å². The number of rotatable bonds is 7. The average molecular weight is 416 g/mol. The van der Waals surface area contributed by atoms with E-state index in [2.05, 4.69) is 33.0 Å². The molecule has 0 atom stereocenters. The minimum Gasteiger partial charge on any atom is -0.459 e. The highest BCUT2D eigenvalue weighted by atomic mass is 16.3. The Labute approximate surface area is 178 Å². The number of carbonyl (C=O) groups is 2. The topological polar surface area (TPSA) is 115 Å². The number of aryl methyl sites for hydroxylation is 1. The van der Waals surface area contributed by atoms with Gasteiger partial charge in [0.15, 0.2) is 5.76 Å². The zero-order chi connectivity index (χ0) is 21.6. The number of furan rings is 1. The molecule has 0 saturated heterocycles. The molecule has 9 nitrogen and oxygen atoms in total. The van der Waals surface area contributed by atoms with E-state index >= 15 is 0 Å². The highest BCUT2D eigenvalue weighted by molar-refractivity contribution is 6.04. The van der Waals surface area contributed by atoms with Gasteiger partial charge in [0, 0.05) is 11.3 Å². The van der Waals surface area contributed by atoms with E-state index in [0.29, 0.717) is 16.9 Å². The van der Waals surface area contributed by atoms with Crippen LogP contribution in [-0.4, -0.2) is 32.0 Å². The van der Waals surface area contributed by atoms with Gasteiger partial charge < -0.3 is 15.1 Å². The monoisotopic (exact) mass is 416 g/mol. The van der Waals surface area contributed by atoms with Crippen LogP contribution in [0.25, 0.3) is 11.4 Å². The fourth-order valence-electron chi connectivity index (χ4n) is 2.95. The molecule has 4 aromatic rings. The lowest BCUT2D eigenvalue weighted by atomic mass is 10.1. The number of para-hydroxylation sites is 1. The summed E-state index contributed by atoms with van der Waals surface area (Å²) in [6.45, 7) is 1.98. The van der Waals surface area contributed by atoms with Crippen LogP contribution in [0.3, 0.4) is 0 Å². The summed E-state index contributed by atoms with van der Waals surface area (Å²) >= 11 is 0. The van der Waals surface area contributed by atoms with E-state index in [4.69, 9.17) is 4.42 Å². The van der Waals surface area contributed by atoms with E-state index in [0.717, 1.165) is 6.42 Å². The number of benzene rings is 2. The molecule has 0 radical (unpaired) electrons. The van der Waals surface area contributed by atoms with Crippen LogP contribution in [0.2, 0.25) is 0 Å². The van der Waals surface area contributed by atoms with Crippen molar-refractivity contribution in [1.82, 2.24) is 20.2 Å². The van der Waals surface area contributed by atoms with Crippen LogP contribution < -0.4 is 10.6 Å². The first-order valence-electron chi connectivity index (χ1n) is 9.73. The number of nitrogens with zero attached hydrogens (tertiary/aromatic N) is 4. The fourth-order valence-corrected chi connectivity index (χ4v) is 2.95. The van der Waals surface area contributed by atoms with Crippen molar-refractivity contribution in [3.8, 4) is 11.4 Å². The molecule has 2 aromatic carbocycles. The molecular weight excluding hydrogens is 396 g/mol. The number of nitrogens with one attached hydrogen (secondary N) is 2. The fraction of sp³-hybridized carbons (Fsp3) is 0.136. The minimum absolute atomic E-state index is 0.0938. The normalized spacial score (nSPS) is 10.6. The number of anilines is 2. The van der Waals surface area contributed by atoms with Gasteiger partial charge >= 0.3 is 0 Å². The van der Waals surface area contributed by atoms with E-state index in [1.54, 1.807) is 36.4 Å². The van der Waals surface area contributed by atoms with Crippen LogP contribution in [0, 0.1) is 0 Å². The summed E-state index contributed by atoms with van der Waals surface area (Å²) in [6, 6.07) is 17.9. The summed E-state index contributed by atoms with van der Waals surface area (Å²) in [6.07, 6.45) is 2.36. The first kappa shape index (κ1) is 20.0. The number of tetrazole rings is 1. The molecular formula is C22H20N6O3. The van der Waals surface area contributed by atoms with Gasteiger partial charge in [-0.3, -0.25) is 9.59 Å². The van der Waals surface area contributed by atoms with Gasteiger partial charge in [0.05, 0.1) is 12.0 Å². The molecule has 0 saturated carbocycles. The lowest BCUT2D eigenvalue weighted by molar-refractivity contribution is -0.117. The van der Waals surface area contributed by atoms with Crippen molar-refractivity contribution >= 4 is 23.2 Å². The summed E-state index contributed by atoms with van der Waals surface area (Å²) in [5, 5.41) is 17.8. The van der Waals surface area contributed by atoms with Gasteiger partial charge in [0.25, 0.3) is 5.91 Å². The molecule has 156 valence electrons. The zero-order valence-corrected chi connectivity index (χ0v) is 16.8. The molecule has 2 amide bonds. The SMILES string of the molecule is CCc1ccc(NC(=O)Cn2nnc(-c3ccccc3NC(=O)c3ccco3)n2)cc1. The number of hydrogen-bond acceptors (Lipinski definition) is 6. The Kier molecular flexibility index (Phi) is 5.84. The summed E-state index contributed by atoms with van der Waals surface area (Å²) < 4.78 is 5.12. The van der Waals surface area contributed by atoms with Gasteiger partial charge in [-0.15, -0.1) is 10.2 Å². The van der Waals surface area contributed by atoms with Crippen LogP contribution in [0.4, 0.5) is 11.4 Å². The van der Waals surface area contributed by atoms with Crippen molar-refractivity contribution in [3.05, 3.63) is 78.3 Å². The number of carbonyl (C=O) groups excluding carboxylic acids is 2. The third-order valence-corrected chi connectivity index (χ3v) is 4.54. The van der Waals surface area contributed by atoms with E-state index in [1.807, 2.05) is 24.3 Å². The van der Waals surface area contributed by atoms with Crippen molar-refractivity contribution in [2.45, 2.75) is 19.9 Å². The third-order valence-electron chi connectivity index (χ3n) is 4.54. The lowest BCUT2D eigenvalue weighted by Gasteiger charge is -2.07. The Morgan fingerprint density at radius 2 is 1.81 bits per heavy atom. The largest absolute Gasteiger partial charge is 0.459 e. The summed E-state index contributed by atoms with van der Waals surface area (Å²) in [5.41, 5.74) is 2.97. The van der Waals surface area contributed by atoms with Gasteiger partial charge in [-0.2, -0.15) is 4.80 Å². The van der Waals surface area contributed by atoms with Crippen LogP contribution in [0.5, 0.6) is 0 Å². The van der Waals surface area contributed by atoms with Crippen molar-refractivity contribution in [1.29, 1.82) is 0 Å². The molecule has 0 bridgehead atoms. The van der Waals surface area contributed by atoms with Gasteiger partial charge in [-0.1, -0.05) is 31.2 Å². The molecule has 0 spiro atoms. The molecule has 9 heteroatoms. The number of aromatic nitrogens is 4. The van der Waals surface area contributed by atoms with Gasteiger partial charge in [-0.25, -0.2) is 0 Å². The van der Waals surface area contributed by atoms with E-state index in [9.17, 15) is 9.59 Å². The number of hydrogen-bond donors (Lipinski definition) is 2. The van der Waals surface area contributed by atoms with Gasteiger partial charge in [0.2, 0.25) is 11.7 Å². The molecule has 0 aliphatic heterocycles. The molecule has 0 fully saturated rings. The molecule has 0 unspecified atom stereocenters. The molecule has 2 aromatic heterocycles. The maximum atomic E-state index is 12.3. The van der Waals surface area contributed by atoms with Crippen molar-refractivity contribution in [2.75, 3.05) is 10.6 Å². The summed E-state index contributed by atoms with van der Waals surface area (Å²) in [7, 11) is 0. The molecule has 0 aliphatic rings. The summed E-state index contributed by atoms with van der Waals surface area (Å²) in [4.78, 5) is 25.8. The smallest absolute Gasteiger partial charge is 0.291 e. The van der Waals surface area contributed by atoms with Crippen molar-refractivity contribution in [3.63, 3.8) is 0 Å². The van der Waals surface area contributed by atoms with E-state index < -0.39 is 5.91 Å². The Morgan fingerprint density at radius 1 is 1.00 bits per heavy atom. The lowest BCUT2D eigenvalue weighted by Crippen LogP contribution is -2.20. The third kappa shape index (κ3) is 4.84. The minimum atomic E-state index is -0.390. The molecule has 4 rings (SSSR count). The first-order valence-corrected chi connectivity index (χ1v) is 9.73. The Hall–Kier alpha value is -4.27. The van der Waals surface area contributed by atoms with Gasteiger partial charge in [0.1, 0.15) is 6.54 Å². The van der Waals surface area contributed by atoms with E-state index in [-0.39, 0.29) is 24.0 Å². The van der Waals surface area contributed by atoms with Crippen LogP contribution in [0.15, 0.2) is 71.3 Å². The predicted octanol–water partition coefficient (Wildman–Crippen LogP) is 3.39. The van der Waals surface area contributed by atoms with Gasteiger partial charge in [-0.05, 0) is 53.6 Å². The number of amides is 2.